The Morgan fingerprint density at radius 2 is 2.26 bits per heavy atom. The Hall–Kier alpha value is -1.53. The molecule has 0 spiro atoms. The van der Waals surface area contributed by atoms with Crippen molar-refractivity contribution in [3.8, 4) is 5.88 Å². The number of hydrogen-bond acceptors (Lipinski definition) is 4. The number of nitrogens with one attached hydrogen (secondary N) is 1. The molecule has 1 aliphatic rings. The van der Waals surface area contributed by atoms with E-state index in [-0.39, 0.29) is 12.0 Å². The number of halogens is 1. The molecule has 1 aliphatic heterocycles. The van der Waals surface area contributed by atoms with Gasteiger partial charge in [-0.2, -0.15) is 11.8 Å². The largest absolute Gasteiger partial charge is 0.473 e. The van der Waals surface area contributed by atoms with Crippen LogP contribution >= 0.6 is 27.7 Å². The van der Waals surface area contributed by atoms with Crippen LogP contribution in [0.25, 0.3) is 0 Å². The first-order chi connectivity index (χ1) is 11.1. The van der Waals surface area contributed by atoms with Gasteiger partial charge in [0.05, 0.1) is 5.56 Å². The number of anilines is 1. The maximum Gasteiger partial charge on any atom is 0.257 e. The Bertz CT molecular complexity index is 700. The molecule has 1 amide bonds. The highest BCUT2D eigenvalue weighted by Crippen LogP contribution is 2.23. The first-order valence-electron chi connectivity index (χ1n) is 7.40. The zero-order valence-corrected chi connectivity index (χ0v) is 15.1. The van der Waals surface area contributed by atoms with Gasteiger partial charge in [0.1, 0.15) is 6.10 Å². The van der Waals surface area contributed by atoms with Crippen molar-refractivity contribution in [3.63, 3.8) is 0 Å². The Balaban J connectivity index is 1.65. The Kier molecular flexibility index (Phi) is 5.23. The molecule has 120 valence electrons. The maximum absolute atomic E-state index is 12.3. The van der Waals surface area contributed by atoms with Crippen molar-refractivity contribution in [2.24, 2.45) is 0 Å². The van der Waals surface area contributed by atoms with Gasteiger partial charge in [0.2, 0.25) is 5.88 Å². The van der Waals surface area contributed by atoms with Crippen molar-refractivity contribution in [3.05, 3.63) is 52.1 Å². The molecule has 3 rings (SSSR count). The van der Waals surface area contributed by atoms with Crippen LogP contribution in [0.5, 0.6) is 5.88 Å². The van der Waals surface area contributed by atoms with Gasteiger partial charge in [-0.05, 0) is 48.9 Å². The Labute approximate surface area is 148 Å². The van der Waals surface area contributed by atoms with Gasteiger partial charge in [0.25, 0.3) is 5.91 Å². The van der Waals surface area contributed by atoms with E-state index in [4.69, 9.17) is 4.74 Å². The lowest BCUT2D eigenvalue weighted by molar-refractivity contribution is 0.102. The molecule has 1 fully saturated rings. The van der Waals surface area contributed by atoms with Crippen molar-refractivity contribution in [2.45, 2.75) is 19.4 Å². The van der Waals surface area contributed by atoms with E-state index in [9.17, 15) is 4.79 Å². The van der Waals surface area contributed by atoms with Gasteiger partial charge in [-0.15, -0.1) is 0 Å². The summed E-state index contributed by atoms with van der Waals surface area (Å²) < 4.78 is 6.78. The van der Waals surface area contributed by atoms with Gasteiger partial charge in [0.15, 0.2) is 0 Å². The van der Waals surface area contributed by atoms with Crippen LogP contribution in [0.1, 0.15) is 22.3 Å². The van der Waals surface area contributed by atoms with Gasteiger partial charge in [-0.25, -0.2) is 4.98 Å². The molecule has 0 bridgehead atoms. The summed E-state index contributed by atoms with van der Waals surface area (Å²) in [5, 5.41) is 2.90. The highest BCUT2D eigenvalue weighted by Gasteiger charge is 2.17. The van der Waals surface area contributed by atoms with Gasteiger partial charge >= 0.3 is 0 Å². The van der Waals surface area contributed by atoms with Crippen LogP contribution in [0, 0.1) is 6.92 Å². The molecule has 4 nitrogen and oxygen atoms in total. The highest BCUT2D eigenvalue weighted by molar-refractivity contribution is 9.10. The molecular formula is C17H17BrN2O2S. The lowest BCUT2D eigenvalue weighted by Gasteiger charge is -2.12. The van der Waals surface area contributed by atoms with E-state index >= 15 is 0 Å². The standard InChI is InChI=1S/C17H17BrN2O2S/c1-11-8-13(18)3-4-15(11)20-17(21)12-2-5-16(19-9-12)22-14-6-7-23-10-14/h2-5,8-9,14H,6-7,10H2,1H3,(H,20,21). The van der Waals surface area contributed by atoms with Crippen LogP contribution in [0.2, 0.25) is 0 Å². The number of aromatic nitrogens is 1. The number of rotatable bonds is 4. The van der Waals surface area contributed by atoms with E-state index in [0.717, 1.165) is 33.7 Å². The molecule has 1 aromatic heterocycles. The number of carbonyl (C=O) groups excluding carboxylic acids is 1. The molecule has 23 heavy (non-hydrogen) atoms. The zero-order valence-electron chi connectivity index (χ0n) is 12.7. The van der Waals surface area contributed by atoms with E-state index < -0.39 is 0 Å². The van der Waals surface area contributed by atoms with E-state index in [1.807, 2.05) is 36.9 Å². The maximum atomic E-state index is 12.3. The summed E-state index contributed by atoms with van der Waals surface area (Å²) in [4.78, 5) is 16.5. The minimum Gasteiger partial charge on any atom is -0.473 e. The third kappa shape index (κ3) is 4.26. The molecule has 1 aromatic carbocycles. The molecule has 1 N–H and O–H groups in total. The van der Waals surface area contributed by atoms with Gasteiger partial charge in [0, 0.05) is 28.2 Å². The average molecular weight is 393 g/mol. The molecule has 6 heteroatoms. The SMILES string of the molecule is Cc1cc(Br)ccc1NC(=O)c1ccc(OC2CCSC2)nc1. The summed E-state index contributed by atoms with van der Waals surface area (Å²) in [6.07, 6.45) is 2.84. The third-order valence-electron chi connectivity index (χ3n) is 3.61. The number of benzene rings is 1. The van der Waals surface area contributed by atoms with E-state index in [2.05, 4.69) is 26.2 Å². The fourth-order valence-corrected chi connectivity index (χ4v) is 3.89. The summed E-state index contributed by atoms with van der Waals surface area (Å²) in [6, 6.07) is 9.24. The van der Waals surface area contributed by atoms with Crippen LogP contribution in [0.3, 0.4) is 0 Å². The monoisotopic (exact) mass is 392 g/mol. The zero-order chi connectivity index (χ0) is 16.2. The number of thioether (sulfide) groups is 1. The first kappa shape index (κ1) is 16.3. The molecular weight excluding hydrogens is 376 g/mol. The van der Waals surface area contributed by atoms with Crippen molar-refractivity contribution in [1.29, 1.82) is 0 Å². The lowest BCUT2D eigenvalue weighted by Crippen LogP contribution is -2.16. The number of hydrogen-bond donors (Lipinski definition) is 1. The molecule has 0 saturated carbocycles. The second-order valence-corrected chi connectivity index (χ2v) is 7.47. The fourth-order valence-electron chi connectivity index (χ4n) is 2.32. The van der Waals surface area contributed by atoms with Gasteiger partial charge < -0.3 is 10.1 Å². The number of ether oxygens (including phenoxy) is 1. The second-order valence-electron chi connectivity index (χ2n) is 5.40. The van der Waals surface area contributed by atoms with E-state index in [1.54, 1.807) is 18.3 Å². The van der Waals surface area contributed by atoms with Crippen molar-refractivity contribution < 1.29 is 9.53 Å². The van der Waals surface area contributed by atoms with Crippen LogP contribution < -0.4 is 10.1 Å². The Morgan fingerprint density at radius 3 is 2.91 bits per heavy atom. The van der Waals surface area contributed by atoms with Gasteiger partial charge in [-0.1, -0.05) is 15.9 Å². The predicted octanol–water partition coefficient (Wildman–Crippen LogP) is 4.29. The smallest absolute Gasteiger partial charge is 0.257 e. The van der Waals surface area contributed by atoms with Crippen molar-refractivity contribution in [2.75, 3.05) is 16.8 Å². The van der Waals surface area contributed by atoms with Crippen LogP contribution in [0.4, 0.5) is 5.69 Å². The van der Waals surface area contributed by atoms with Gasteiger partial charge in [-0.3, -0.25) is 4.79 Å². The number of carbonyl (C=O) groups is 1. The molecule has 2 heterocycles. The lowest BCUT2D eigenvalue weighted by atomic mass is 10.2. The number of aryl methyl sites for hydroxylation is 1. The minimum atomic E-state index is -0.175. The molecule has 0 radical (unpaired) electrons. The highest BCUT2D eigenvalue weighted by atomic mass is 79.9. The summed E-state index contributed by atoms with van der Waals surface area (Å²) in [5.41, 5.74) is 2.31. The molecule has 1 saturated heterocycles. The van der Waals surface area contributed by atoms with Crippen LogP contribution in [-0.4, -0.2) is 28.5 Å². The average Bonchev–Trinajstić information content (AvgIpc) is 3.04. The van der Waals surface area contributed by atoms with Crippen molar-refractivity contribution >= 4 is 39.3 Å². The number of amides is 1. The third-order valence-corrected chi connectivity index (χ3v) is 5.24. The molecule has 1 atom stereocenters. The Morgan fingerprint density at radius 1 is 1.39 bits per heavy atom. The summed E-state index contributed by atoms with van der Waals surface area (Å²) >= 11 is 5.31. The van der Waals surface area contributed by atoms with E-state index in [0.29, 0.717) is 11.4 Å². The van der Waals surface area contributed by atoms with E-state index in [1.165, 1.54) is 0 Å². The fraction of sp³-hybridized carbons (Fsp3) is 0.294. The normalized spacial score (nSPS) is 17.0. The summed E-state index contributed by atoms with van der Waals surface area (Å²) in [5.74, 6) is 2.55. The molecule has 1 unspecified atom stereocenters. The molecule has 2 aromatic rings. The quantitative estimate of drug-likeness (QED) is 0.842. The summed E-state index contributed by atoms with van der Waals surface area (Å²) in [7, 11) is 0. The molecule has 0 aliphatic carbocycles. The first-order valence-corrected chi connectivity index (χ1v) is 9.34. The summed E-state index contributed by atoms with van der Waals surface area (Å²) in [6.45, 7) is 1.95. The van der Waals surface area contributed by atoms with Crippen LogP contribution in [-0.2, 0) is 0 Å². The number of nitrogens with zero attached hydrogens (tertiary/aromatic N) is 1. The second kappa shape index (κ2) is 7.36. The minimum absolute atomic E-state index is 0.175. The van der Waals surface area contributed by atoms with Crippen molar-refractivity contribution in [1.82, 2.24) is 4.98 Å². The number of pyridine rings is 1. The predicted molar refractivity (Wildman–Crippen MR) is 97.4 cm³/mol. The van der Waals surface area contributed by atoms with Crippen LogP contribution in [0.15, 0.2) is 41.0 Å². The topological polar surface area (TPSA) is 51.2 Å².